The van der Waals surface area contributed by atoms with Gasteiger partial charge >= 0.3 is 0 Å². The summed E-state index contributed by atoms with van der Waals surface area (Å²) in [4.78, 5) is 13.7. The van der Waals surface area contributed by atoms with Crippen LogP contribution in [0.15, 0.2) is 67.5 Å². The lowest BCUT2D eigenvalue weighted by molar-refractivity contribution is 0.585. The Morgan fingerprint density at radius 2 is 1.55 bits per heavy atom. The number of nitrogens with zero attached hydrogens (tertiary/aromatic N) is 8. The molecule has 1 atom stereocenters. The maximum atomic E-state index is 13.4. The number of nitrogens with two attached hydrogens (primary N) is 1. The summed E-state index contributed by atoms with van der Waals surface area (Å²) >= 11 is 6.66. The maximum absolute atomic E-state index is 13.4. The van der Waals surface area contributed by atoms with Crippen molar-refractivity contribution in [3.05, 3.63) is 89.5 Å². The monoisotopic (exact) mass is 531 g/mol. The third-order valence-corrected chi connectivity index (χ3v) is 7.44. The van der Waals surface area contributed by atoms with E-state index in [0.29, 0.717) is 11.0 Å². The first-order valence-electron chi connectivity index (χ1n) is 12.3. The topological polar surface area (TPSA) is 93.4 Å². The Bertz CT molecular complexity index is 1580. The average Bonchev–Trinajstić information content (AvgIpc) is 3.55. The van der Waals surface area contributed by atoms with Gasteiger partial charge in [-0.1, -0.05) is 23.7 Å². The summed E-state index contributed by atoms with van der Waals surface area (Å²) < 4.78 is 17.0. The van der Waals surface area contributed by atoms with Crippen LogP contribution in [0.4, 0.5) is 16.0 Å². The van der Waals surface area contributed by atoms with E-state index >= 15 is 0 Å². The highest BCUT2D eigenvalue weighted by Gasteiger charge is 2.27. The second-order valence-electron chi connectivity index (χ2n) is 9.76. The van der Waals surface area contributed by atoms with Gasteiger partial charge in [0.15, 0.2) is 0 Å². The van der Waals surface area contributed by atoms with Crippen molar-refractivity contribution in [1.29, 1.82) is 0 Å². The van der Waals surface area contributed by atoms with Crippen molar-refractivity contribution in [2.24, 2.45) is 12.8 Å². The number of fused-ring (bicyclic) bond motifs is 1. The third-order valence-electron chi connectivity index (χ3n) is 7.16. The number of piperazine rings is 1. The predicted molar refractivity (Wildman–Crippen MR) is 146 cm³/mol. The van der Waals surface area contributed by atoms with E-state index in [1.54, 1.807) is 35.4 Å². The first-order chi connectivity index (χ1) is 18.3. The minimum absolute atomic E-state index is 0.296. The lowest BCUT2D eigenvalue weighted by Gasteiger charge is -2.36. The van der Waals surface area contributed by atoms with E-state index in [9.17, 15) is 4.39 Å². The van der Waals surface area contributed by atoms with Gasteiger partial charge in [-0.15, -0.1) is 0 Å². The van der Waals surface area contributed by atoms with Gasteiger partial charge in [-0.05, 0) is 30.7 Å². The van der Waals surface area contributed by atoms with E-state index in [0.717, 1.165) is 59.6 Å². The summed E-state index contributed by atoms with van der Waals surface area (Å²) in [6.07, 6.45) is 11.0. The molecule has 1 fully saturated rings. The Morgan fingerprint density at radius 1 is 0.868 bits per heavy atom. The summed E-state index contributed by atoms with van der Waals surface area (Å²) in [5, 5.41) is 9.37. The Morgan fingerprint density at radius 3 is 2.21 bits per heavy atom. The van der Waals surface area contributed by atoms with E-state index in [-0.39, 0.29) is 5.82 Å². The highest BCUT2D eigenvalue weighted by atomic mass is 35.5. The average molecular weight is 532 g/mol. The Balaban J connectivity index is 1.19. The van der Waals surface area contributed by atoms with E-state index in [2.05, 4.69) is 36.0 Å². The smallest absolute Gasteiger partial charge is 0.225 e. The van der Waals surface area contributed by atoms with Gasteiger partial charge in [-0.3, -0.25) is 4.68 Å². The third kappa shape index (κ3) is 4.35. The van der Waals surface area contributed by atoms with Crippen LogP contribution in [0.2, 0.25) is 5.02 Å². The number of anilines is 2. The van der Waals surface area contributed by atoms with Gasteiger partial charge in [0.05, 0.1) is 34.2 Å². The molecule has 5 aromatic rings. The molecule has 0 spiro atoms. The van der Waals surface area contributed by atoms with Crippen molar-refractivity contribution in [2.75, 3.05) is 36.0 Å². The zero-order chi connectivity index (χ0) is 26.4. The molecule has 11 heteroatoms. The van der Waals surface area contributed by atoms with Crippen molar-refractivity contribution in [1.82, 2.24) is 29.4 Å². The molecule has 2 N–H and O–H groups in total. The first-order valence-corrected chi connectivity index (χ1v) is 12.7. The van der Waals surface area contributed by atoms with Gasteiger partial charge in [0.2, 0.25) is 5.95 Å². The van der Waals surface area contributed by atoms with Crippen LogP contribution in [0.25, 0.3) is 16.6 Å². The number of halogens is 2. The Hall–Kier alpha value is -4.02. The predicted octanol–water partition coefficient (Wildman–Crippen LogP) is 3.87. The van der Waals surface area contributed by atoms with E-state index in [1.165, 1.54) is 12.1 Å². The molecule has 4 aromatic heterocycles. The standard InChI is InChI=1S/C27H27ClFN9/c1-27(30,20-3-5-22(29)6-4-20)21-13-31-26(32-14-21)37-9-7-36(8-10-37)25-23(28)15-34-38-17-18(11-24(25)38)19-12-33-35(2)16-19/h3-6,11-17H,7-10,30H2,1-2H3/t27-/m0/s1. The quantitative estimate of drug-likeness (QED) is 0.368. The van der Waals surface area contributed by atoms with Crippen LogP contribution in [0.3, 0.4) is 0 Å². The molecule has 6 rings (SSSR count). The Labute approximate surface area is 224 Å². The lowest BCUT2D eigenvalue weighted by atomic mass is 9.87. The molecule has 9 nitrogen and oxygen atoms in total. The van der Waals surface area contributed by atoms with Crippen molar-refractivity contribution < 1.29 is 4.39 Å². The van der Waals surface area contributed by atoms with Crippen LogP contribution in [-0.2, 0) is 12.6 Å². The van der Waals surface area contributed by atoms with Crippen LogP contribution < -0.4 is 15.5 Å². The second kappa shape index (κ2) is 9.38. The number of aromatic nitrogens is 6. The molecule has 0 amide bonds. The molecule has 38 heavy (non-hydrogen) atoms. The molecule has 5 heterocycles. The molecule has 1 aliphatic heterocycles. The van der Waals surface area contributed by atoms with Gasteiger partial charge in [0.1, 0.15) is 5.82 Å². The summed E-state index contributed by atoms with van der Waals surface area (Å²) in [5.74, 6) is 0.353. The molecule has 194 valence electrons. The number of hydrogen-bond donors (Lipinski definition) is 1. The highest BCUT2D eigenvalue weighted by molar-refractivity contribution is 6.34. The second-order valence-corrected chi connectivity index (χ2v) is 10.2. The van der Waals surface area contributed by atoms with Crippen molar-refractivity contribution in [3.8, 4) is 11.1 Å². The summed E-state index contributed by atoms with van der Waals surface area (Å²) in [7, 11) is 1.90. The SMILES string of the molecule is Cn1cc(-c2cc3c(N4CCN(c5ncc([C@@](C)(N)c6ccc(F)cc6)cn5)CC4)c(Cl)cnn3c2)cn1. The van der Waals surface area contributed by atoms with E-state index < -0.39 is 5.54 Å². The van der Waals surface area contributed by atoms with Crippen LogP contribution >= 0.6 is 11.6 Å². The molecule has 1 saturated heterocycles. The Kier molecular flexibility index (Phi) is 6.00. The minimum atomic E-state index is -0.833. The summed E-state index contributed by atoms with van der Waals surface area (Å²) in [6, 6.07) is 8.30. The minimum Gasteiger partial charge on any atom is -0.365 e. The molecule has 0 saturated carbocycles. The van der Waals surface area contributed by atoms with Gasteiger partial charge < -0.3 is 15.5 Å². The number of benzene rings is 1. The first kappa shape index (κ1) is 24.3. The molecule has 0 radical (unpaired) electrons. The molecule has 0 bridgehead atoms. The van der Waals surface area contributed by atoms with E-state index in [1.807, 2.05) is 37.1 Å². The number of hydrogen-bond acceptors (Lipinski definition) is 7. The van der Waals surface area contributed by atoms with Crippen molar-refractivity contribution >= 4 is 28.8 Å². The molecular weight excluding hydrogens is 505 g/mol. The van der Waals surface area contributed by atoms with Gasteiger partial charge in [0, 0.05) is 74.7 Å². The zero-order valence-corrected chi connectivity index (χ0v) is 21.8. The number of rotatable bonds is 5. The number of aryl methyl sites for hydroxylation is 1. The van der Waals surface area contributed by atoms with Gasteiger partial charge in [0.25, 0.3) is 0 Å². The highest BCUT2D eigenvalue weighted by Crippen LogP contribution is 2.34. The molecular formula is C27H27ClFN9. The lowest BCUT2D eigenvalue weighted by Crippen LogP contribution is -2.47. The summed E-state index contributed by atoms with van der Waals surface area (Å²) in [5.41, 5.74) is 11.3. The van der Waals surface area contributed by atoms with Crippen LogP contribution in [0, 0.1) is 5.82 Å². The fraction of sp³-hybridized carbons (Fsp3) is 0.259. The molecule has 0 aliphatic carbocycles. The molecule has 1 aliphatic rings. The van der Waals surface area contributed by atoms with Crippen LogP contribution in [0.5, 0.6) is 0 Å². The normalized spacial score (nSPS) is 15.7. The van der Waals surface area contributed by atoms with Crippen molar-refractivity contribution in [2.45, 2.75) is 12.5 Å². The largest absolute Gasteiger partial charge is 0.365 e. The maximum Gasteiger partial charge on any atom is 0.225 e. The van der Waals surface area contributed by atoms with Gasteiger partial charge in [-0.2, -0.15) is 10.2 Å². The van der Waals surface area contributed by atoms with E-state index in [4.69, 9.17) is 17.3 Å². The fourth-order valence-corrected chi connectivity index (χ4v) is 5.17. The molecule has 1 aromatic carbocycles. The zero-order valence-electron chi connectivity index (χ0n) is 21.1. The van der Waals surface area contributed by atoms with Crippen LogP contribution in [0.1, 0.15) is 18.1 Å². The van der Waals surface area contributed by atoms with Crippen molar-refractivity contribution in [3.63, 3.8) is 0 Å². The fourth-order valence-electron chi connectivity index (χ4n) is 4.91. The summed E-state index contributed by atoms with van der Waals surface area (Å²) in [6.45, 7) is 4.85. The van der Waals surface area contributed by atoms with Gasteiger partial charge in [-0.25, -0.2) is 18.9 Å². The van der Waals surface area contributed by atoms with Crippen LogP contribution in [-0.4, -0.2) is 55.5 Å². The molecule has 0 unspecified atom stereocenters.